The maximum Gasteiger partial charge on any atom is 0.309 e. The van der Waals surface area contributed by atoms with Crippen molar-refractivity contribution < 1.29 is 14.3 Å². The Labute approximate surface area is 198 Å². The zero-order valence-corrected chi connectivity index (χ0v) is 20.1. The predicted octanol–water partition coefficient (Wildman–Crippen LogP) is 7.24. The Hall–Kier alpha value is -2.80. The van der Waals surface area contributed by atoms with Gasteiger partial charge in [0, 0.05) is 6.42 Å². The first-order valence-corrected chi connectivity index (χ1v) is 12.6. The topological polar surface area (TPSA) is 59.3 Å². The normalized spacial score (nSPS) is 17.5. The highest BCUT2D eigenvalue weighted by molar-refractivity contribution is 5.74. The third kappa shape index (κ3) is 7.35. The molecule has 1 saturated heterocycles. The molecule has 33 heavy (non-hydrogen) atoms. The van der Waals surface area contributed by atoms with E-state index in [0.29, 0.717) is 17.7 Å². The van der Waals surface area contributed by atoms with E-state index in [1.54, 1.807) is 0 Å². The molecule has 3 rings (SSSR count). The summed E-state index contributed by atoms with van der Waals surface area (Å²) in [6.45, 7) is 4.60. The van der Waals surface area contributed by atoms with E-state index in [4.69, 9.17) is 9.47 Å². The van der Waals surface area contributed by atoms with Crippen LogP contribution in [0.1, 0.15) is 82.8 Å². The average Bonchev–Trinajstić information content (AvgIpc) is 3.19. The Morgan fingerprint density at radius 1 is 0.970 bits per heavy atom. The lowest BCUT2D eigenvalue weighted by molar-refractivity contribution is -0.145. The molecule has 176 valence electrons. The number of carbonyl (C=O) groups is 1. The van der Waals surface area contributed by atoms with Crippen molar-refractivity contribution in [3.05, 3.63) is 53.6 Å². The van der Waals surface area contributed by atoms with E-state index < -0.39 is 0 Å². The van der Waals surface area contributed by atoms with E-state index >= 15 is 0 Å². The molecular weight excluding hydrogens is 410 g/mol. The van der Waals surface area contributed by atoms with Gasteiger partial charge in [0.25, 0.3) is 0 Å². The Bertz CT molecular complexity index is 929. The molecule has 1 fully saturated rings. The van der Waals surface area contributed by atoms with Crippen molar-refractivity contribution in [2.24, 2.45) is 5.92 Å². The smallest absolute Gasteiger partial charge is 0.309 e. The Morgan fingerprint density at radius 2 is 1.70 bits per heavy atom. The van der Waals surface area contributed by atoms with Gasteiger partial charge in [0.1, 0.15) is 24.5 Å². The van der Waals surface area contributed by atoms with Crippen molar-refractivity contribution in [3.8, 4) is 22.9 Å². The molecule has 0 saturated carbocycles. The van der Waals surface area contributed by atoms with Gasteiger partial charge in [-0.05, 0) is 48.1 Å². The van der Waals surface area contributed by atoms with Gasteiger partial charge in [-0.15, -0.1) is 0 Å². The maximum absolute atomic E-state index is 11.9. The van der Waals surface area contributed by atoms with Gasteiger partial charge in [-0.25, -0.2) is 0 Å². The van der Waals surface area contributed by atoms with Gasteiger partial charge in [-0.3, -0.25) is 4.79 Å². The molecule has 4 nitrogen and oxygen atoms in total. The number of nitrogens with zero attached hydrogens (tertiary/aromatic N) is 1. The summed E-state index contributed by atoms with van der Waals surface area (Å²) in [6.07, 6.45) is 11.2. The Kier molecular flexibility index (Phi) is 9.81. The third-order valence-electron chi connectivity index (χ3n) is 6.43. The van der Waals surface area contributed by atoms with Gasteiger partial charge in [0.15, 0.2) is 0 Å². The summed E-state index contributed by atoms with van der Waals surface area (Å²) in [5, 5.41) is 9.64. The molecular formula is C29H37NO3. The highest BCUT2D eigenvalue weighted by Crippen LogP contribution is 2.29. The maximum atomic E-state index is 11.9. The second-order valence-corrected chi connectivity index (χ2v) is 9.13. The van der Waals surface area contributed by atoms with Gasteiger partial charge in [-0.1, -0.05) is 82.7 Å². The van der Waals surface area contributed by atoms with Crippen LogP contribution in [0.4, 0.5) is 0 Å². The number of cyclic esters (lactones) is 1. The summed E-state index contributed by atoms with van der Waals surface area (Å²) in [5.74, 6) is 0.391. The summed E-state index contributed by atoms with van der Waals surface area (Å²) in [4.78, 5) is 11.9. The molecule has 0 N–H and O–H groups in total. The highest BCUT2D eigenvalue weighted by atomic mass is 16.6. The van der Waals surface area contributed by atoms with Crippen LogP contribution in [0.15, 0.2) is 42.5 Å². The number of unbranched alkanes of at least 4 members (excludes halogenated alkanes) is 5. The first-order valence-electron chi connectivity index (χ1n) is 12.6. The van der Waals surface area contributed by atoms with Crippen LogP contribution in [0.2, 0.25) is 0 Å². The van der Waals surface area contributed by atoms with Gasteiger partial charge in [0.05, 0.1) is 11.5 Å². The second kappa shape index (κ2) is 13.0. The molecule has 2 aromatic rings. The zero-order valence-electron chi connectivity index (χ0n) is 20.1. The summed E-state index contributed by atoms with van der Waals surface area (Å²) in [6, 6.07) is 16.6. The summed E-state index contributed by atoms with van der Waals surface area (Å²) in [7, 11) is 0. The lowest BCUT2D eigenvalue weighted by atomic mass is 9.99. The molecule has 2 unspecified atom stereocenters. The van der Waals surface area contributed by atoms with Crippen LogP contribution in [-0.4, -0.2) is 18.7 Å². The summed E-state index contributed by atoms with van der Waals surface area (Å²) >= 11 is 0. The second-order valence-electron chi connectivity index (χ2n) is 9.13. The van der Waals surface area contributed by atoms with Crippen LogP contribution < -0.4 is 4.74 Å². The fourth-order valence-corrected chi connectivity index (χ4v) is 4.49. The van der Waals surface area contributed by atoms with Gasteiger partial charge in [0.2, 0.25) is 0 Å². The molecule has 4 heteroatoms. The summed E-state index contributed by atoms with van der Waals surface area (Å²) < 4.78 is 11.3. The van der Waals surface area contributed by atoms with E-state index in [-0.39, 0.29) is 24.6 Å². The van der Waals surface area contributed by atoms with E-state index in [1.807, 2.05) is 18.2 Å². The van der Waals surface area contributed by atoms with E-state index in [1.165, 1.54) is 44.1 Å². The van der Waals surface area contributed by atoms with Gasteiger partial charge < -0.3 is 9.47 Å². The minimum atomic E-state index is -0.237. The van der Waals surface area contributed by atoms with Crippen molar-refractivity contribution in [3.63, 3.8) is 0 Å². The van der Waals surface area contributed by atoms with Crippen LogP contribution in [0, 0.1) is 17.2 Å². The molecule has 1 aliphatic rings. The first-order chi connectivity index (χ1) is 16.1. The third-order valence-corrected chi connectivity index (χ3v) is 6.43. The van der Waals surface area contributed by atoms with Crippen molar-refractivity contribution in [1.29, 1.82) is 5.26 Å². The molecule has 0 aromatic heterocycles. The Morgan fingerprint density at radius 3 is 2.42 bits per heavy atom. The predicted molar refractivity (Wildman–Crippen MR) is 132 cm³/mol. The van der Waals surface area contributed by atoms with Crippen LogP contribution in [0.5, 0.6) is 5.75 Å². The molecule has 0 amide bonds. The van der Waals surface area contributed by atoms with Crippen LogP contribution in [0.3, 0.4) is 0 Å². The molecule has 2 atom stereocenters. The fraction of sp³-hybridized carbons (Fsp3) is 0.517. The largest absolute Gasteiger partial charge is 0.488 e. The van der Waals surface area contributed by atoms with Crippen LogP contribution >= 0.6 is 0 Å². The number of hydrogen-bond acceptors (Lipinski definition) is 4. The number of esters is 1. The molecule has 0 radical (unpaired) electrons. The first kappa shape index (κ1) is 24.8. The Balaban J connectivity index is 1.54. The number of carbonyl (C=O) groups excluding carboxylic acids is 1. The molecule has 1 heterocycles. The molecule has 0 spiro atoms. The van der Waals surface area contributed by atoms with Crippen molar-refractivity contribution in [2.45, 2.75) is 84.2 Å². The standard InChI is InChI=1S/C29H37NO3/c1-3-5-6-7-8-9-11-22-12-14-23(15-13-22)24-16-17-28(26(18-24)20-30)32-21-27-19-25(10-4-2)29(31)33-27/h12-18,25,27H,3-11,19,21H2,1-2H3. The lowest BCUT2D eigenvalue weighted by Gasteiger charge is -2.13. The number of rotatable bonds is 13. The average molecular weight is 448 g/mol. The molecule has 1 aliphatic heterocycles. The van der Waals surface area contributed by atoms with Gasteiger partial charge >= 0.3 is 5.97 Å². The number of nitriles is 1. The summed E-state index contributed by atoms with van der Waals surface area (Å²) in [5.41, 5.74) is 3.96. The lowest BCUT2D eigenvalue weighted by Crippen LogP contribution is -2.17. The SMILES string of the molecule is CCCCCCCCc1ccc(-c2ccc(OCC3CC(CCC)C(=O)O3)c(C#N)c2)cc1. The van der Waals surface area contributed by atoms with Crippen molar-refractivity contribution in [2.75, 3.05) is 6.61 Å². The van der Waals surface area contributed by atoms with Crippen molar-refractivity contribution >= 4 is 5.97 Å². The highest BCUT2D eigenvalue weighted by Gasteiger charge is 2.34. The zero-order chi connectivity index (χ0) is 23.5. The monoisotopic (exact) mass is 447 g/mol. The molecule has 2 aromatic carbocycles. The van der Waals surface area contributed by atoms with Gasteiger partial charge in [-0.2, -0.15) is 5.26 Å². The van der Waals surface area contributed by atoms with E-state index in [9.17, 15) is 10.1 Å². The number of hydrogen-bond donors (Lipinski definition) is 0. The minimum Gasteiger partial charge on any atom is -0.488 e. The molecule has 0 bridgehead atoms. The number of aryl methyl sites for hydroxylation is 1. The molecule has 0 aliphatic carbocycles. The number of benzene rings is 2. The van der Waals surface area contributed by atoms with E-state index in [2.05, 4.69) is 44.2 Å². The van der Waals surface area contributed by atoms with E-state index in [0.717, 1.165) is 30.4 Å². The quantitative estimate of drug-likeness (QED) is 0.240. The minimum absolute atomic E-state index is 0.0227. The number of ether oxygens (including phenoxy) is 2. The fourth-order valence-electron chi connectivity index (χ4n) is 4.49. The van der Waals surface area contributed by atoms with Crippen LogP contribution in [0.25, 0.3) is 11.1 Å². The van der Waals surface area contributed by atoms with Crippen LogP contribution in [-0.2, 0) is 16.0 Å². The van der Waals surface area contributed by atoms with Crippen molar-refractivity contribution in [1.82, 2.24) is 0 Å².